The number of nitrogens with zero attached hydrogens (tertiary/aromatic N) is 1. The smallest absolute Gasteiger partial charge is 0.267 e. The number of likely N-dealkylation sites (N-methyl/N-ethyl adjacent to an activating group) is 1. The summed E-state index contributed by atoms with van der Waals surface area (Å²) < 4.78 is 10.7. The van der Waals surface area contributed by atoms with Gasteiger partial charge in [0.15, 0.2) is 6.10 Å². The molecule has 1 aliphatic heterocycles. The molecular formula is C18H18N2O4. The average molecular weight is 326 g/mol. The maximum absolute atomic E-state index is 12.4. The fourth-order valence-electron chi connectivity index (χ4n) is 2.54. The first-order valence-electron chi connectivity index (χ1n) is 7.53. The molecule has 1 heterocycles. The highest BCUT2D eigenvalue weighted by atomic mass is 16.5. The van der Waals surface area contributed by atoms with E-state index >= 15 is 0 Å². The number of hydrogen-bond donors (Lipinski definition) is 1. The van der Waals surface area contributed by atoms with E-state index in [4.69, 9.17) is 9.47 Å². The number of ether oxygens (including phenoxy) is 2. The Labute approximate surface area is 140 Å². The molecule has 6 heteroatoms. The summed E-state index contributed by atoms with van der Waals surface area (Å²) >= 11 is 0. The Morgan fingerprint density at radius 3 is 2.58 bits per heavy atom. The van der Waals surface area contributed by atoms with E-state index in [9.17, 15) is 9.59 Å². The molecule has 1 atom stereocenters. The van der Waals surface area contributed by atoms with Crippen molar-refractivity contribution in [2.75, 3.05) is 24.4 Å². The molecule has 1 aliphatic rings. The Kier molecular flexibility index (Phi) is 4.12. The van der Waals surface area contributed by atoms with E-state index in [2.05, 4.69) is 5.32 Å². The number of hydrogen-bond acceptors (Lipinski definition) is 4. The van der Waals surface area contributed by atoms with Crippen LogP contribution in [0.2, 0.25) is 0 Å². The van der Waals surface area contributed by atoms with E-state index in [1.807, 2.05) is 0 Å². The predicted molar refractivity (Wildman–Crippen MR) is 90.9 cm³/mol. The third-order valence-corrected chi connectivity index (χ3v) is 3.91. The number of anilines is 2. The third kappa shape index (κ3) is 2.90. The zero-order valence-electron chi connectivity index (χ0n) is 13.7. The first kappa shape index (κ1) is 15.9. The Morgan fingerprint density at radius 1 is 1.21 bits per heavy atom. The van der Waals surface area contributed by atoms with E-state index in [1.165, 1.54) is 4.90 Å². The molecule has 0 bridgehead atoms. The van der Waals surface area contributed by atoms with Gasteiger partial charge in [0.25, 0.3) is 11.8 Å². The lowest BCUT2D eigenvalue weighted by Crippen LogP contribution is -2.42. The summed E-state index contributed by atoms with van der Waals surface area (Å²) in [5.74, 6) is 0.876. The standard InChI is InChI=1S/C18H18N2O4/c1-11-18(22)20(2)15-9-4-12(10-16(15)24-11)17(21)19-13-5-7-14(23-3)8-6-13/h4-11H,1-3H3,(H,19,21). The molecule has 1 unspecified atom stereocenters. The van der Waals surface area contributed by atoms with Gasteiger partial charge in [-0.1, -0.05) is 0 Å². The lowest BCUT2D eigenvalue weighted by atomic mass is 10.1. The molecule has 0 fully saturated rings. The number of benzene rings is 2. The molecule has 2 aromatic rings. The highest BCUT2D eigenvalue weighted by Crippen LogP contribution is 2.34. The number of amides is 2. The van der Waals surface area contributed by atoms with E-state index in [-0.39, 0.29) is 11.8 Å². The van der Waals surface area contributed by atoms with Gasteiger partial charge in [-0.25, -0.2) is 0 Å². The maximum Gasteiger partial charge on any atom is 0.267 e. The SMILES string of the molecule is COc1ccc(NC(=O)c2ccc3c(c2)OC(C)C(=O)N3C)cc1. The number of rotatable bonds is 3. The van der Waals surface area contributed by atoms with Gasteiger partial charge in [-0.15, -0.1) is 0 Å². The van der Waals surface area contributed by atoms with Crippen LogP contribution in [-0.4, -0.2) is 32.1 Å². The zero-order chi connectivity index (χ0) is 17.3. The fraction of sp³-hybridized carbons (Fsp3) is 0.222. The van der Waals surface area contributed by atoms with Gasteiger partial charge in [-0.05, 0) is 49.4 Å². The Hall–Kier alpha value is -3.02. The maximum atomic E-state index is 12.4. The van der Waals surface area contributed by atoms with Gasteiger partial charge in [0, 0.05) is 18.3 Å². The van der Waals surface area contributed by atoms with Crippen molar-refractivity contribution in [1.82, 2.24) is 0 Å². The van der Waals surface area contributed by atoms with Gasteiger partial charge >= 0.3 is 0 Å². The van der Waals surface area contributed by atoms with Gasteiger partial charge in [0.1, 0.15) is 11.5 Å². The third-order valence-electron chi connectivity index (χ3n) is 3.91. The molecular weight excluding hydrogens is 308 g/mol. The van der Waals surface area contributed by atoms with Crippen LogP contribution in [0.1, 0.15) is 17.3 Å². The number of methoxy groups -OCH3 is 1. The summed E-state index contributed by atoms with van der Waals surface area (Å²) in [4.78, 5) is 25.9. The Balaban J connectivity index is 1.81. The van der Waals surface area contributed by atoms with Gasteiger partial charge in [0.05, 0.1) is 12.8 Å². The van der Waals surface area contributed by atoms with Crippen molar-refractivity contribution in [3.05, 3.63) is 48.0 Å². The van der Waals surface area contributed by atoms with Crippen LogP contribution in [-0.2, 0) is 4.79 Å². The van der Waals surface area contributed by atoms with Crippen molar-refractivity contribution < 1.29 is 19.1 Å². The van der Waals surface area contributed by atoms with E-state index in [0.29, 0.717) is 22.7 Å². The van der Waals surface area contributed by atoms with Crippen LogP contribution < -0.4 is 19.7 Å². The van der Waals surface area contributed by atoms with Gasteiger partial charge in [-0.3, -0.25) is 9.59 Å². The summed E-state index contributed by atoms with van der Waals surface area (Å²) in [5, 5.41) is 2.82. The molecule has 1 N–H and O–H groups in total. The largest absolute Gasteiger partial charge is 0.497 e. The van der Waals surface area contributed by atoms with Crippen molar-refractivity contribution in [2.45, 2.75) is 13.0 Å². The lowest BCUT2D eigenvalue weighted by Gasteiger charge is -2.30. The van der Waals surface area contributed by atoms with Crippen LogP contribution in [0.3, 0.4) is 0 Å². The number of carbonyl (C=O) groups is 2. The fourth-order valence-corrected chi connectivity index (χ4v) is 2.54. The van der Waals surface area contributed by atoms with Crippen molar-refractivity contribution in [3.63, 3.8) is 0 Å². The highest BCUT2D eigenvalue weighted by Gasteiger charge is 2.29. The second-order valence-electron chi connectivity index (χ2n) is 5.52. The summed E-state index contributed by atoms with van der Waals surface area (Å²) in [5.41, 5.74) is 1.78. The predicted octanol–water partition coefficient (Wildman–Crippen LogP) is 2.69. The number of carbonyl (C=O) groups excluding carboxylic acids is 2. The minimum absolute atomic E-state index is 0.113. The van der Waals surface area contributed by atoms with Crippen LogP contribution in [0.25, 0.3) is 0 Å². The molecule has 0 radical (unpaired) electrons. The molecule has 0 aliphatic carbocycles. The number of fused-ring (bicyclic) bond motifs is 1. The monoisotopic (exact) mass is 326 g/mol. The average Bonchev–Trinajstić information content (AvgIpc) is 2.60. The minimum atomic E-state index is -0.567. The zero-order valence-corrected chi connectivity index (χ0v) is 13.7. The molecule has 124 valence electrons. The Bertz CT molecular complexity index is 786. The molecule has 24 heavy (non-hydrogen) atoms. The second kappa shape index (κ2) is 6.23. The summed E-state index contributed by atoms with van der Waals surface area (Å²) in [6, 6.07) is 12.1. The quantitative estimate of drug-likeness (QED) is 0.941. The summed E-state index contributed by atoms with van der Waals surface area (Å²) in [7, 11) is 3.28. The first-order chi connectivity index (χ1) is 11.5. The normalized spacial score (nSPS) is 16.2. The van der Waals surface area contributed by atoms with Gasteiger partial charge < -0.3 is 19.7 Å². The molecule has 0 spiro atoms. The van der Waals surface area contributed by atoms with E-state index < -0.39 is 6.10 Å². The van der Waals surface area contributed by atoms with E-state index in [0.717, 1.165) is 5.75 Å². The number of nitrogens with one attached hydrogen (secondary N) is 1. The van der Waals surface area contributed by atoms with E-state index in [1.54, 1.807) is 63.5 Å². The van der Waals surface area contributed by atoms with Crippen LogP contribution in [0.4, 0.5) is 11.4 Å². The van der Waals surface area contributed by atoms with Gasteiger partial charge in [0.2, 0.25) is 0 Å². The van der Waals surface area contributed by atoms with Crippen molar-refractivity contribution in [3.8, 4) is 11.5 Å². The molecule has 0 saturated heterocycles. The molecule has 0 saturated carbocycles. The van der Waals surface area contributed by atoms with Gasteiger partial charge in [-0.2, -0.15) is 0 Å². The molecule has 3 rings (SSSR count). The second-order valence-corrected chi connectivity index (χ2v) is 5.52. The van der Waals surface area contributed by atoms with Crippen molar-refractivity contribution >= 4 is 23.2 Å². The van der Waals surface area contributed by atoms with Crippen LogP contribution in [0.15, 0.2) is 42.5 Å². The molecule has 6 nitrogen and oxygen atoms in total. The molecule has 2 amide bonds. The summed E-state index contributed by atoms with van der Waals surface area (Å²) in [6.45, 7) is 1.69. The molecule has 0 aromatic heterocycles. The first-order valence-corrected chi connectivity index (χ1v) is 7.53. The summed E-state index contributed by atoms with van der Waals surface area (Å²) in [6.07, 6.45) is -0.567. The minimum Gasteiger partial charge on any atom is -0.497 e. The van der Waals surface area contributed by atoms with Crippen molar-refractivity contribution in [2.24, 2.45) is 0 Å². The topological polar surface area (TPSA) is 67.9 Å². The van der Waals surface area contributed by atoms with Crippen LogP contribution in [0.5, 0.6) is 11.5 Å². The van der Waals surface area contributed by atoms with Crippen LogP contribution in [0, 0.1) is 0 Å². The van der Waals surface area contributed by atoms with Crippen molar-refractivity contribution in [1.29, 1.82) is 0 Å². The highest BCUT2D eigenvalue weighted by molar-refractivity contribution is 6.06. The Morgan fingerprint density at radius 2 is 1.92 bits per heavy atom. The molecule has 2 aromatic carbocycles. The van der Waals surface area contributed by atoms with Crippen LogP contribution >= 0.6 is 0 Å². The lowest BCUT2D eigenvalue weighted by molar-refractivity contribution is -0.125.